The van der Waals surface area contributed by atoms with Gasteiger partial charge in [-0.25, -0.2) is 4.79 Å². The number of thioether (sulfide) groups is 1. The normalized spacial score (nSPS) is 11.9. The van der Waals surface area contributed by atoms with Gasteiger partial charge in [0.15, 0.2) is 5.71 Å². The number of rotatable bonds is 7. The highest BCUT2D eigenvalue weighted by Gasteiger charge is 2.21. The van der Waals surface area contributed by atoms with Gasteiger partial charge < -0.3 is 4.74 Å². The Morgan fingerprint density at radius 2 is 1.69 bits per heavy atom. The first kappa shape index (κ1) is 20.0. The van der Waals surface area contributed by atoms with Crippen LogP contribution in [0, 0.1) is 6.92 Å². The van der Waals surface area contributed by atoms with E-state index in [-0.39, 0.29) is 17.2 Å². The smallest absolute Gasteiger partial charge is 0.361 e. The van der Waals surface area contributed by atoms with E-state index in [0.29, 0.717) is 5.56 Å². The highest BCUT2D eigenvalue weighted by atomic mass is 32.2. The molecule has 0 aliphatic rings. The summed E-state index contributed by atoms with van der Waals surface area (Å²) in [6.07, 6.45) is 1.92. The van der Waals surface area contributed by atoms with E-state index < -0.39 is 16.1 Å². The van der Waals surface area contributed by atoms with E-state index in [1.165, 1.54) is 12.1 Å². The third-order valence-electron chi connectivity index (χ3n) is 3.37. The SMILES string of the molecule is CCOC(=O)C(=NOS(=O)(=O)c1ccc(C)cc1)c1ccc(SC)cc1. The van der Waals surface area contributed by atoms with Crippen molar-refractivity contribution >= 4 is 33.6 Å². The van der Waals surface area contributed by atoms with Gasteiger partial charge in [0.05, 0.1) is 6.61 Å². The molecule has 0 aliphatic heterocycles. The molecule has 0 aromatic heterocycles. The number of hydrogen-bond acceptors (Lipinski definition) is 7. The van der Waals surface area contributed by atoms with Crippen molar-refractivity contribution in [2.24, 2.45) is 5.16 Å². The summed E-state index contributed by atoms with van der Waals surface area (Å²) in [5, 5.41) is 3.59. The number of carbonyl (C=O) groups excluding carboxylic acids is 1. The van der Waals surface area contributed by atoms with Gasteiger partial charge in [-0.2, -0.15) is 8.42 Å². The maximum absolute atomic E-state index is 12.3. The molecule has 0 saturated carbocycles. The fourth-order valence-corrected chi connectivity index (χ4v) is 3.13. The molecular formula is C18H19NO5S2. The van der Waals surface area contributed by atoms with Gasteiger partial charge in [0.1, 0.15) is 4.90 Å². The minimum Gasteiger partial charge on any atom is -0.461 e. The minimum absolute atomic E-state index is 0.0483. The Hall–Kier alpha value is -2.32. The number of esters is 1. The van der Waals surface area contributed by atoms with Crippen molar-refractivity contribution in [3.05, 3.63) is 59.7 Å². The molecule has 0 fully saturated rings. The monoisotopic (exact) mass is 393 g/mol. The average molecular weight is 393 g/mol. The molecule has 0 spiro atoms. The second kappa shape index (κ2) is 8.86. The van der Waals surface area contributed by atoms with Gasteiger partial charge in [-0.05, 0) is 44.4 Å². The van der Waals surface area contributed by atoms with E-state index in [1.54, 1.807) is 55.1 Å². The van der Waals surface area contributed by atoms with Crippen molar-refractivity contribution in [1.82, 2.24) is 0 Å². The van der Waals surface area contributed by atoms with E-state index in [9.17, 15) is 13.2 Å². The molecule has 0 saturated heterocycles. The second-order valence-electron chi connectivity index (χ2n) is 5.23. The fraction of sp³-hybridized carbons (Fsp3) is 0.222. The summed E-state index contributed by atoms with van der Waals surface area (Å²) in [6, 6.07) is 13.0. The molecule has 0 bridgehead atoms. The Kier molecular flexibility index (Phi) is 6.82. The van der Waals surface area contributed by atoms with Gasteiger partial charge >= 0.3 is 16.1 Å². The van der Waals surface area contributed by atoms with E-state index in [1.807, 2.05) is 13.2 Å². The number of oxime groups is 1. The summed E-state index contributed by atoms with van der Waals surface area (Å²) in [5.74, 6) is -0.761. The van der Waals surface area contributed by atoms with Crippen molar-refractivity contribution in [2.75, 3.05) is 12.9 Å². The van der Waals surface area contributed by atoms with Gasteiger partial charge in [0.2, 0.25) is 0 Å². The lowest BCUT2D eigenvalue weighted by molar-refractivity contribution is -0.135. The maximum atomic E-state index is 12.3. The van der Waals surface area contributed by atoms with Crippen molar-refractivity contribution < 1.29 is 22.2 Å². The van der Waals surface area contributed by atoms with Crippen LogP contribution in [-0.2, 0) is 23.9 Å². The first-order chi connectivity index (χ1) is 12.4. The molecule has 0 N–H and O–H groups in total. The van der Waals surface area contributed by atoms with Crippen LogP contribution in [0.4, 0.5) is 0 Å². The van der Waals surface area contributed by atoms with Crippen LogP contribution < -0.4 is 0 Å². The predicted molar refractivity (Wildman–Crippen MR) is 101 cm³/mol. The Morgan fingerprint density at radius 3 is 2.23 bits per heavy atom. The first-order valence-corrected chi connectivity index (χ1v) is 10.4. The molecule has 2 rings (SSSR count). The number of hydrogen-bond donors (Lipinski definition) is 0. The van der Waals surface area contributed by atoms with E-state index in [0.717, 1.165) is 10.5 Å². The largest absolute Gasteiger partial charge is 0.461 e. The van der Waals surface area contributed by atoms with Crippen LogP contribution in [0.2, 0.25) is 0 Å². The maximum Gasteiger partial charge on any atom is 0.361 e. The number of benzene rings is 2. The van der Waals surface area contributed by atoms with Gasteiger partial charge in [0.25, 0.3) is 0 Å². The summed E-state index contributed by atoms with van der Waals surface area (Å²) >= 11 is 1.54. The zero-order valence-electron chi connectivity index (χ0n) is 14.6. The third kappa shape index (κ3) is 5.09. The molecule has 0 radical (unpaired) electrons. The Bertz CT molecular complexity index is 888. The van der Waals surface area contributed by atoms with Crippen LogP contribution in [0.5, 0.6) is 0 Å². The van der Waals surface area contributed by atoms with Crippen LogP contribution in [0.25, 0.3) is 0 Å². The summed E-state index contributed by atoms with van der Waals surface area (Å²) in [7, 11) is -4.14. The molecule has 138 valence electrons. The number of ether oxygens (including phenoxy) is 1. The fourth-order valence-electron chi connectivity index (χ4n) is 1.99. The molecular weight excluding hydrogens is 374 g/mol. The summed E-state index contributed by atoms with van der Waals surface area (Å²) in [4.78, 5) is 13.1. The van der Waals surface area contributed by atoms with Gasteiger partial charge in [0, 0.05) is 10.5 Å². The topological polar surface area (TPSA) is 82.0 Å². The predicted octanol–water partition coefficient (Wildman–Crippen LogP) is 3.39. The third-order valence-corrected chi connectivity index (χ3v) is 5.23. The van der Waals surface area contributed by atoms with Crippen LogP contribution >= 0.6 is 11.8 Å². The molecule has 26 heavy (non-hydrogen) atoms. The van der Waals surface area contributed by atoms with Crippen molar-refractivity contribution in [2.45, 2.75) is 23.6 Å². The lowest BCUT2D eigenvalue weighted by atomic mass is 10.1. The zero-order valence-corrected chi connectivity index (χ0v) is 16.3. The van der Waals surface area contributed by atoms with Crippen LogP contribution in [0.15, 0.2) is 63.5 Å². The first-order valence-electron chi connectivity index (χ1n) is 7.77. The molecule has 8 heteroatoms. The quantitative estimate of drug-likeness (QED) is 0.310. The van der Waals surface area contributed by atoms with Gasteiger partial charge in [-0.15, -0.1) is 11.8 Å². The van der Waals surface area contributed by atoms with E-state index in [2.05, 4.69) is 5.16 Å². The number of nitrogens with zero attached hydrogens (tertiary/aromatic N) is 1. The van der Waals surface area contributed by atoms with Crippen LogP contribution in [-0.4, -0.2) is 33.0 Å². The molecule has 0 aliphatic carbocycles. The van der Waals surface area contributed by atoms with Crippen molar-refractivity contribution in [3.63, 3.8) is 0 Å². The van der Waals surface area contributed by atoms with Crippen LogP contribution in [0.1, 0.15) is 18.1 Å². The molecule has 0 amide bonds. The standard InChI is InChI=1S/C18H19NO5S2/c1-4-23-18(20)17(14-7-9-15(25-3)10-8-14)19-24-26(21,22)16-11-5-13(2)6-12-16/h5-12H,4H2,1-3H3. The highest BCUT2D eigenvalue weighted by molar-refractivity contribution is 7.98. The minimum atomic E-state index is -4.14. The summed E-state index contributed by atoms with van der Waals surface area (Å²) < 4.78 is 34.3. The number of carbonyl (C=O) groups is 1. The Labute approximate surface area is 157 Å². The van der Waals surface area contributed by atoms with Crippen molar-refractivity contribution in [1.29, 1.82) is 0 Å². The molecule has 2 aromatic carbocycles. The van der Waals surface area contributed by atoms with Gasteiger partial charge in [-0.1, -0.05) is 35.0 Å². The average Bonchev–Trinajstić information content (AvgIpc) is 2.63. The lowest BCUT2D eigenvalue weighted by Gasteiger charge is -2.07. The zero-order chi connectivity index (χ0) is 19.2. The van der Waals surface area contributed by atoms with E-state index in [4.69, 9.17) is 9.02 Å². The molecule has 0 atom stereocenters. The summed E-state index contributed by atoms with van der Waals surface area (Å²) in [6.45, 7) is 3.62. The molecule has 2 aromatic rings. The lowest BCUT2D eigenvalue weighted by Crippen LogP contribution is -2.20. The summed E-state index contributed by atoms with van der Waals surface area (Å²) in [5.41, 5.74) is 1.10. The number of aryl methyl sites for hydroxylation is 1. The Morgan fingerprint density at radius 1 is 1.08 bits per heavy atom. The molecule has 0 unspecified atom stereocenters. The molecule has 0 heterocycles. The van der Waals surface area contributed by atoms with E-state index >= 15 is 0 Å². The molecule has 6 nitrogen and oxygen atoms in total. The highest BCUT2D eigenvalue weighted by Crippen LogP contribution is 2.17. The van der Waals surface area contributed by atoms with Gasteiger partial charge in [-0.3, -0.25) is 4.28 Å². The second-order valence-corrected chi connectivity index (χ2v) is 7.64. The van der Waals surface area contributed by atoms with Crippen LogP contribution in [0.3, 0.4) is 0 Å². The van der Waals surface area contributed by atoms with Crippen molar-refractivity contribution in [3.8, 4) is 0 Å². The Balaban J connectivity index is 2.34.